The summed E-state index contributed by atoms with van der Waals surface area (Å²) in [5, 5.41) is 9.14. The van der Waals surface area contributed by atoms with E-state index in [1.807, 2.05) is 13.8 Å². The van der Waals surface area contributed by atoms with Crippen LogP contribution in [0.25, 0.3) is 0 Å². The molecule has 0 aromatic carbocycles. The first kappa shape index (κ1) is 16.9. The summed E-state index contributed by atoms with van der Waals surface area (Å²) >= 11 is 0. The molecule has 0 unspecified atom stereocenters. The lowest BCUT2D eigenvalue weighted by Crippen LogP contribution is -2.45. The van der Waals surface area contributed by atoms with Crippen molar-refractivity contribution in [2.45, 2.75) is 64.7 Å². The molecule has 0 amide bonds. The summed E-state index contributed by atoms with van der Waals surface area (Å²) in [6.07, 6.45) is 3.63. The van der Waals surface area contributed by atoms with Gasteiger partial charge >= 0.3 is 5.97 Å². The number of hydrogen-bond donors (Lipinski definition) is 2. The van der Waals surface area contributed by atoms with Crippen LogP contribution in [0.4, 0.5) is 0 Å². The quantitative estimate of drug-likeness (QED) is 0.744. The number of ether oxygens (including phenoxy) is 1. The van der Waals surface area contributed by atoms with E-state index in [0.717, 1.165) is 12.8 Å². The van der Waals surface area contributed by atoms with Crippen LogP contribution in [0.3, 0.4) is 0 Å². The van der Waals surface area contributed by atoms with E-state index in [4.69, 9.17) is 15.6 Å². The summed E-state index contributed by atoms with van der Waals surface area (Å²) in [5.74, 6) is -1.05. The third-order valence-electron chi connectivity index (χ3n) is 3.85. The summed E-state index contributed by atoms with van der Waals surface area (Å²) in [7, 11) is 0. The Balaban J connectivity index is 2.96. The molecule has 0 aromatic heterocycles. The van der Waals surface area contributed by atoms with Crippen molar-refractivity contribution in [1.29, 1.82) is 0 Å². The third-order valence-corrected chi connectivity index (χ3v) is 3.85. The smallest absolute Gasteiger partial charge is 0.331 e. The van der Waals surface area contributed by atoms with E-state index in [9.17, 15) is 9.59 Å². The number of Topliss-reactive ketones (excluding diaryl/α,β-unsaturated/α-hetero) is 1. The summed E-state index contributed by atoms with van der Waals surface area (Å²) in [4.78, 5) is 22.5. The van der Waals surface area contributed by atoms with Gasteiger partial charge in [0.1, 0.15) is 5.78 Å². The molecule has 3 atom stereocenters. The second kappa shape index (κ2) is 7.55. The highest BCUT2D eigenvalue weighted by Gasteiger charge is 2.35. The fourth-order valence-electron chi connectivity index (χ4n) is 2.64. The molecule has 1 rings (SSSR count). The molecule has 114 valence electrons. The van der Waals surface area contributed by atoms with Gasteiger partial charge in [-0.15, -0.1) is 0 Å². The highest BCUT2D eigenvalue weighted by Crippen LogP contribution is 2.30. The maximum Gasteiger partial charge on any atom is 0.331 e. The van der Waals surface area contributed by atoms with Crippen LogP contribution < -0.4 is 5.73 Å². The average molecular weight is 283 g/mol. The highest BCUT2D eigenvalue weighted by atomic mass is 16.5. The van der Waals surface area contributed by atoms with E-state index in [-0.39, 0.29) is 35.8 Å². The van der Waals surface area contributed by atoms with Gasteiger partial charge in [-0.1, -0.05) is 13.8 Å². The van der Waals surface area contributed by atoms with E-state index in [2.05, 4.69) is 0 Å². The maximum absolute atomic E-state index is 11.4. The summed E-state index contributed by atoms with van der Waals surface area (Å²) in [6.45, 7) is 5.58. The monoisotopic (exact) mass is 283 g/mol. The fraction of sp³-hybridized carbons (Fsp3) is 0.733. The van der Waals surface area contributed by atoms with E-state index >= 15 is 0 Å². The van der Waals surface area contributed by atoms with Crippen LogP contribution in [0.1, 0.15) is 46.5 Å². The standard InChI is InChI=1S/C15H25NO4/c1-4-11(5-2)20-14-8-10(15(18)19)7-13(16)12(14)6-9(3)17/h8,11-14H,4-7,16H2,1-3H3,(H,18,19)/t12-,13+,14-/m1/s1. The second-order valence-corrected chi connectivity index (χ2v) is 5.47. The minimum Gasteiger partial charge on any atom is -0.478 e. The number of carbonyl (C=O) groups excluding carboxylic acids is 1. The van der Waals surface area contributed by atoms with Crippen LogP contribution in [-0.4, -0.2) is 35.1 Å². The molecule has 0 saturated heterocycles. The van der Waals surface area contributed by atoms with E-state index in [0.29, 0.717) is 6.42 Å². The molecule has 5 nitrogen and oxygen atoms in total. The van der Waals surface area contributed by atoms with Crippen molar-refractivity contribution in [3.63, 3.8) is 0 Å². The van der Waals surface area contributed by atoms with E-state index < -0.39 is 12.1 Å². The zero-order chi connectivity index (χ0) is 15.3. The number of carboxylic acid groups (broad SMARTS) is 1. The van der Waals surface area contributed by atoms with Crippen LogP contribution in [0, 0.1) is 5.92 Å². The van der Waals surface area contributed by atoms with Gasteiger partial charge in [0, 0.05) is 24.0 Å². The van der Waals surface area contributed by atoms with Gasteiger partial charge in [-0.25, -0.2) is 4.79 Å². The predicted octanol–water partition coefficient (Wildman–Crippen LogP) is 1.90. The van der Waals surface area contributed by atoms with Gasteiger partial charge in [0.05, 0.1) is 12.2 Å². The topological polar surface area (TPSA) is 89.6 Å². The van der Waals surface area contributed by atoms with Crippen molar-refractivity contribution in [3.8, 4) is 0 Å². The third kappa shape index (κ3) is 4.42. The van der Waals surface area contributed by atoms with Gasteiger partial charge in [0.2, 0.25) is 0 Å². The Morgan fingerprint density at radius 3 is 2.50 bits per heavy atom. The van der Waals surface area contributed by atoms with Crippen molar-refractivity contribution < 1.29 is 19.4 Å². The zero-order valence-electron chi connectivity index (χ0n) is 12.5. The molecule has 0 radical (unpaired) electrons. The van der Waals surface area contributed by atoms with Crippen molar-refractivity contribution in [2.24, 2.45) is 11.7 Å². The van der Waals surface area contributed by atoms with Crippen molar-refractivity contribution in [1.82, 2.24) is 0 Å². The van der Waals surface area contributed by atoms with Gasteiger partial charge in [-0.3, -0.25) is 0 Å². The number of ketones is 1. The van der Waals surface area contributed by atoms with Gasteiger partial charge in [-0.05, 0) is 32.3 Å². The molecule has 0 aromatic rings. The number of rotatable bonds is 7. The van der Waals surface area contributed by atoms with Crippen LogP contribution >= 0.6 is 0 Å². The van der Waals surface area contributed by atoms with Gasteiger partial charge in [-0.2, -0.15) is 0 Å². The summed E-state index contributed by atoms with van der Waals surface area (Å²) in [5.41, 5.74) is 6.35. The Hall–Kier alpha value is -1.20. The maximum atomic E-state index is 11.4. The van der Waals surface area contributed by atoms with Gasteiger partial charge < -0.3 is 20.4 Å². The van der Waals surface area contributed by atoms with Crippen molar-refractivity contribution >= 4 is 11.8 Å². The van der Waals surface area contributed by atoms with Gasteiger partial charge in [0.25, 0.3) is 0 Å². The van der Waals surface area contributed by atoms with Crippen LogP contribution in [0.15, 0.2) is 11.6 Å². The molecule has 1 aliphatic rings. The molecule has 0 spiro atoms. The summed E-state index contributed by atoms with van der Waals surface area (Å²) < 4.78 is 5.98. The number of nitrogens with two attached hydrogens (primary N) is 1. The molecule has 5 heteroatoms. The Bertz CT molecular complexity index is 387. The first-order valence-corrected chi connectivity index (χ1v) is 7.23. The molecular weight excluding hydrogens is 258 g/mol. The highest BCUT2D eigenvalue weighted by molar-refractivity contribution is 5.87. The Morgan fingerprint density at radius 1 is 1.45 bits per heavy atom. The minimum absolute atomic E-state index is 0.0516. The second-order valence-electron chi connectivity index (χ2n) is 5.47. The van der Waals surface area contributed by atoms with Crippen LogP contribution in [0.2, 0.25) is 0 Å². The SMILES string of the molecule is CCC(CC)O[C@@H]1C=C(C(=O)O)C[C@H](N)[C@H]1CC(C)=O. The molecule has 0 fully saturated rings. The normalized spacial score (nSPS) is 26.4. The molecular formula is C15H25NO4. The Kier molecular flexibility index (Phi) is 6.36. The van der Waals surface area contributed by atoms with Gasteiger partial charge in [0.15, 0.2) is 0 Å². The molecule has 0 bridgehead atoms. The number of aliphatic carboxylic acids is 1. The number of carboxylic acids is 1. The molecule has 20 heavy (non-hydrogen) atoms. The number of hydrogen-bond acceptors (Lipinski definition) is 4. The Morgan fingerprint density at radius 2 is 2.05 bits per heavy atom. The number of carbonyl (C=O) groups is 2. The van der Waals surface area contributed by atoms with Crippen molar-refractivity contribution in [3.05, 3.63) is 11.6 Å². The van der Waals surface area contributed by atoms with Crippen LogP contribution in [-0.2, 0) is 14.3 Å². The molecule has 0 heterocycles. The largest absolute Gasteiger partial charge is 0.478 e. The molecule has 3 N–H and O–H groups in total. The lowest BCUT2D eigenvalue weighted by Gasteiger charge is -2.35. The molecule has 0 saturated carbocycles. The van der Waals surface area contributed by atoms with E-state index in [1.54, 1.807) is 6.08 Å². The van der Waals surface area contributed by atoms with E-state index in [1.165, 1.54) is 6.92 Å². The molecule has 0 aliphatic heterocycles. The lowest BCUT2D eigenvalue weighted by molar-refractivity contribution is -0.133. The van der Waals surface area contributed by atoms with Crippen LogP contribution in [0.5, 0.6) is 0 Å². The Labute approximate surface area is 120 Å². The first-order chi connectivity index (χ1) is 9.38. The first-order valence-electron chi connectivity index (χ1n) is 7.23. The minimum atomic E-state index is -0.958. The summed E-state index contributed by atoms with van der Waals surface area (Å²) in [6, 6.07) is -0.352. The average Bonchev–Trinajstić information content (AvgIpc) is 2.38. The molecule has 1 aliphatic carbocycles. The van der Waals surface area contributed by atoms with Crippen molar-refractivity contribution in [2.75, 3.05) is 0 Å². The predicted molar refractivity (Wildman–Crippen MR) is 76.3 cm³/mol. The fourth-order valence-corrected chi connectivity index (χ4v) is 2.64. The zero-order valence-corrected chi connectivity index (χ0v) is 12.5. The lowest BCUT2D eigenvalue weighted by atomic mass is 9.80.